The van der Waals surface area contributed by atoms with Crippen molar-refractivity contribution in [3.63, 3.8) is 0 Å². The number of fused-ring (bicyclic) bond motifs is 1. The van der Waals surface area contributed by atoms with Gasteiger partial charge in [0.25, 0.3) is 0 Å². The first-order valence-corrected chi connectivity index (χ1v) is 6.14. The number of nitrogens with zero attached hydrogens (tertiary/aromatic N) is 1. The number of aromatic nitrogens is 1. The van der Waals surface area contributed by atoms with E-state index in [1.54, 1.807) is 18.3 Å². The number of benzene rings is 1. The van der Waals surface area contributed by atoms with Gasteiger partial charge in [0.2, 0.25) is 0 Å². The first kappa shape index (κ1) is 11.8. The van der Waals surface area contributed by atoms with Crippen LogP contribution in [0.2, 0.25) is 0 Å². The van der Waals surface area contributed by atoms with E-state index < -0.39 is 11.8 Å². The number of aromatic carboxylic acids is 1. The van der Waals surface area contributed by atoms with Crippen LogP contribution in [0.3, 0.4) is 0 Å². The van der Waals surface area contributed by atoms with Crippen molar-refractivity contribution in [1.82, 2.24) is 4.98 Å². The van der Waals surface area contributed by atoms with Gasteiger partial charge in [-0.25, -0.2) is 9.18 Å². The molecule has 1 aliphatic rings. The quantitative estimate of drug-likeness (QED) is 0.899. The van der Waals surface area contributed by atoms with E-state index in [1.165, 1.54) is 6.07 Å². The van der Waals surface area contributed by atoms with Gasteiger partial charge in [-0.15, -0.1) is 0 Å². The molecule has 1 atom stereocenters. The van der Waals surface area contributed by atoms with Crippen molar-refractivity contribution in [3.05, 3.63) is 64.7 Å². The Balaban J connectivity index is 2.10. The van der Waals surface area contributed by atoms with E-state index in [4.69, 9.17) is 5.11 Å². The minimum absolute atomic E-state index is 0.143. The monoisotopic (exact) mass is 257 g/mol. The normalized spacial score (nSPS) is 17.2. The molecule has 19 heavy (non-hydrogen) atoms. The van der Waals surface area contributed by atoms with Gasteiger partial charge in [-0.2, -0.15) is 0 Å². The van der Waals surface area contributed by atoms with Crippen LogP contribution in [0.1, 0.15) is 39.5 Å². The van der Waals surface area contributed by atoms with Gasteiger partial charge in [-0.05, 0) is 36.1 Å². The van der Waals surface area contributed by atoms with Gasteiger partial charge in [0.1, 0.15) is 5.82 Å². The van der Waals surface area contributed by atoms with Gasteiger partial charge < -0.3 is 5.11 Å². The van der Waals surface area contributed by atoms with Crippen LogP contribution in [0.25, 0.3) is 0 Å². The summed E-state index contributed by atoms with van der Waals surface area (Å²) in [4.78, 5) is 15.3. The highest BCUT2D eigenvalue weighted by molar-refractivity contribution is 5.88. The lowest BCUT2D eigenvalue weighted by molar-refractivity contribution is 0.0691. The van der Waals surface area contributed by atoms with Crippen molar-refractivity contribution in [3.8, 4) is 0 Å². The largest absolute Gasteiger partial charge is 0.478 e. The Morgan fingerprint density at radius 3 is 2.95 bits per heavy atom. The predicted molar refractivity (Wildman–Crippen MR) is 67.8 cm³/mol. The van der Waals surface area contributed by atoms with Gasteiger partial charge in [-0.3, -0.25) is 4.98 Å². The summed E-state index contributed by atoms with van der Waals surface area (Å²) in [5.41, 5.74) is 2.13. The summed E-state index contributed by atoms with van der Waals surface area (Å²) in [7, 11) is 0. The van der Waals surface area contributed by atoms with Crippen molar-refractivity contribution in [2.45, 2.75) is 18.8 Å². The fourth-order valence-corrected chi connectivity index (χ4v) is 2.70. The van der Waals surface area contributed by atoms with E-state index in [9.17, 15) is 9.18 Å². The van der Waals surface area contributed by atoms with Crippen molar-refractivity contribution < 1.29 is 14.3 Å². The molecule has 1 aliphatic carbocycles. The van der Waals surface area contributed by atoms with Gasteiger partial charge in [0.05, 0.1) is 11.3 Å². The summed E-state index contributed by atoms with van der Waals surface area (Å²) in [6.07, 6.45) is 3.31. The Morgan fingerprint density at radius 1 is 1.32 bits per heavy atom. The third-order valence-corrected chi connectivity index (χ3v) is 3.59. The smallest absolute Gasteiger partial charge is 0.338 e. The highest BCUT2D eigenvalue weighted by Gasteiger charge is 2.28. The molecule has 4 heteroatoms. The van der Waals surface area contributed by atoms with E-state index in [0.29, 0.717) is 5.56 Å². The molecule has 1 heterocycles. The highest BCUT2D eigenvalue weighted by atomic mass is 19.1. The van der Waals surface area contributed by atoms with Crippen LogP contribution in [0.15, 0.2) is 36.5 Å². The fourth-order valence-electron chi connectivity index (χ4n) is 2.70. The Labute approximate surface area is 109 Å². The van der Waals surface area contributed by atoms with E-state index in [2.05, 4.69) is 4.98 Å². The molecule has 0 radical (unpaired) electrons. The number of hydrogen-bond donors (Lipinski definition) is 1. The van der Waals surface area contributed by atoms with Gasteiger partial charge >= 0.3 is 5.97 Å². The number of aryl methyl sites for hydroxylation is 1. The molecule has 0 saturated carbocycles. The first-order valence-electron chi connectivity index (χ1n) is 6.14. The molecule has 0 amide bonds. The van der Waals surface area contributed by atoms with E-state index in [-0.39, 0.29) is 11.5 Å². The van der Waals surface area contributed by atoms with Crippen LogP contribution in [0.5, 0.6) is 0 Å². The summed E-state index contributed by atoms with van der Waals surface area (Å²) in [5, 5.41) is 8.97. The minimum atomic E-state index is -1.24. The van der Waals surface area contributed by atoms with Gasteiger partial charge in [0.15, 0.2) is 0 Å². The maximum absolute atomic E-state index is 14.3. The van der Waals surface area contributed by atoms with Crippen LogP contribution in [-0.2, 0) is 6.42 Å². The minimum Gasteiger partial charge on any atom is -0.478 e. The molecule has 0 saturated heterocycles. The first-order chi connectivity index (χ1) is 9.18. The Morgan fingerprint density at radius 2 is 2.16 bits per heavy atom. The number of carboxylic acids is 1. The molecule has 0 bridgehead atoms. The molecule has 96 valence electrons. The zero-order chi connectivity index (χ0) is 13.4. The number of rotatable bonds is 2. The molecule has 0 spiro atoms. The molecule has 1 aromatic heterocycles. The summed E-state index contributed by atoms with van der Waals surface area (Å²) >= 11 is 0. The zero-order valence-corrected chi connectivity index (χ0v) is 10.1. The second-order valence-corrected chi connectivity index (χ2v) is 4.65. The fraction of sp³-hybridized carbons (Fsp3) is 0.200. The topological polar surface area (TPSA) is 50.2 Å². The van der Waals surface area contributed by atoms with Crippen LogP contribution in [0.4, 0.5) is 4.39 Å². The summed E-state index contributed by atoms with van der Waals surface area (Å²) < 4.78 is 14.3. The average molecular weight is 257 g/mol. The van der Waals surface area contributed by atoms with Crippen LogP contribution < -0.4 is 0 Å². The predicted octanol–water partition coefficient (Wildman–Crippen LogP) is 3.00. The van der Waals surface area contributed by atoms with Gasteiger partial charge in [0, 0.05) is 12.1 Å². The SMILES string of the molecule is O=C(O)c1cccc(C2CCc3cccnc32)c1F. The molecular weight excluding hydrogens is 245 g/mol. The Kier molecular flexibility index (Phi) is 2.78. The molecule has 0 fully saturated rings. The third-order valence-electron chi connectivity index (χ3n) is 3.59. The number of carboxylic acid groups (broad SMARTS) is 1. The molecule has 3 nitrogen and oxygen atoms in total. The van der Waals surface area contributed by atoms with Crippen molar-refractivity contribution >= 4 is 5.97 Å². The van der Waals surface area contributed by atoms with Crippen molar-refractivity contribution in [1.29, 1.82) is 0 Å². The van der Waals surface area contributed by atoms with Crippen molar-refractivity contribution in [2.24, 2.45) is 0 Å². The second-order valence-electron chi connectivity index (χ2n) is 4.65. The van der Waals surface area contributed by atoms with Crippen LogP contribution in [0, 0.1) is 5.82 Å². The number of hydrogen-bond acceptors (Lipinski definition) is 2. The summed E-state index contributed by atoms with van der Waals surface area (Å²) in [5.74, 6) is -2.02. The zero-order valence-electron chi connectivity index (χ0n) is 10.1. The Bertz CT molecular complexity index is 654. The number of carbonyl (C=O) groups is 1. The second kappa shape index (κ2) is 4.46. The molecular formula is C15H12FNO2. The third kappa shape index (κ3) is 1.89. The molecule has 3 rings (SSSR count). The lowest BCUT2D eigenvalue weighted by atomic mass is 9.94. The highest BCUT2D eigenvalue weighted by Crippen LogP contribution is 2.38. The molecule has 2 aromatic rings. The van der Waals surface area contributed by atoms with E-state index in [0.717, 1.165) is 24.1 Å². The van der Waals surface area contributed by atoms with Crippen LogP contribution in [-0.4, -0.2) is 16.1 Å². The Hall–Kier alpha value is -2.23. The molecule has 0 aliphatic heterocycles. The maximum Gasteiger partial charge on any atom is 0.338 e. The number of pyridine rings is 1. The molecule has 1 N–H and O–H groups in total. The van der Waals surface area contributed by atoms with Crippen LogP contribution >= 0.6 is 0 Å². The van der Waals surface area contributed by atoms with Gasteiger partial charge in [-0.1, -0.05) is 18.2 Å². The summed E-state index contributed by atoms with van der Waals surface area (Å²) in [6, 6.07) is 8.38. The summed E-state index contributed by atoms with van der Waals surface area (Å²) in [6.45, 7) is 0. The number of halogens is 1. The average Bonchev–Trinajstić information content (AvgIpc) is 2.82. The molecule has 1 unspecified atom stereocenters. The lowest BCUT2D eigenvalue weighted by Gasteiger charge is -2.13. The lowest BCUT2D eigenvalue weighted by Crippen LogP contribution is -2.07. The molecule has 1 aromatic carbocycles. The van der Waals surface area contributed by atoms with Crippen molar-refractivity contribution in [2.75, 3.05) is 0 Å². The standard InChI is InChI=1S/C15H12FNO2/c16-13-10(4-1-5-12(13)15(18)19)11-7-6-9-3-2-8-17-14(9)11/h1-5,8,11H,6-7H2,(H,18,19). The van der Waals surface area contributed by atoms with E-state index >= 15 is 0 Å². The van der Waals surface area contributed by atoms with E-state index in [1.807, 2.05) is 12.1 Å². The maximum atomic E-state index is 14.3.